The Morgan fingerprint density at radius 3 is 2.78 bits per heavy atom. The quantitative estimate of drug-likeness (QED) is 0.605. The molecule has 0 aromatic carbocycles. The highest BCUT2D eigenvalue weighted by atomic mass is 32.2. The summed E-state index contributed by atoms with van der Waals surface area (Å²) in [6.45, 7) is 9.46. The predicted octanol–water partition coefficient (Wildman–Crippen LogP) is 3.30. The minimum absolute atomic E-state index is 0.346. The molecule has 1 heterocycles. The van der Waals surface area contributed by atoms with E-state index in [4.69, 9.17) is 0 Å². The highest BCUT2D eigenvalue weighted by molar-refractivity contribution is 7.85. The Balaban J connectivity index is 3.02. The molecule has 4 heteroatoms. The van der Waals surface area contributed by atoms with Crippen LogP contribution in [0.5, 0.6) is 0 Å². The van der Waals surface area contributed by atoms with Crippen LogP contribution in [0.2, 0.25) is 0 Å². The molecule has 0 aliphatic heterocycles. The number of aromatic nitrogens is 1. The van der Waals surface area contributed by atoms with Crippen molar-refractivity contribution in [2.24, 2.45) is 4.40 Å². The molecule has 0 radical (unpaired) electrons. The molecule has 1 unspecified atom stereocenters. The van der Waals surface area contributed by atoms with E-state index >= 15 is 0 Å². The highest BCUT2D eigenvalue weighted by Gasteiger charge is 2.20. The van der Waals surface area contributed by atoms with Crippen molar-refractivity contribution in [1.82, 2.24) is 4.98 Å². The van der Waals surface area contributed by atoms with Gasteiger partial charge in [0.05, 0.1) is 10.5 Å². The van der Waals surface area contributed by atoms with Gasteiger partial charge in [-0.05, 0) is 39.7 Å². The van der Waals surface area contributed by atoms with Crippen LogP contribution in [0.1, 0.15) is 39.2 Å². The number of pyridine rings is 1. The highest BCUT2D eigenvalue weighted by Crippen LogP contribution is 2.15. The summed E-state index contributed by atoms with van der Waals surface area (Å²) in [7, 11) is -1.25. The van der Waals surface area contributed by atoms with Crippen LogP contribution in [0.3, 0.4) is 0 Å². The van der Waals surface area contributed by atoms with Gasteiger partial charge in [0.15, 0.2) is 0 Å². The van der Waals surface area contributed by atoms with Gasteiger partial charge in [0.2, 0.25) is 0 Å². The summed E-state index contributed by atoms with van der Waals surface area (Å²) in [4.78, 5) is 4.08. The van der Waals surface area contributed by atoms with E-state index in [-0.39, 0.29) is 4.75 Å². The number of rotatable bonds is 5. The molecule has 0 aliphatic rings. The summed E-state index contributed by atoms with van der Waals surface area (Å²) in [5, 5.41) is 0. The first-order valence-electron chi connectivity index (χ1n) is 5.96. The average Bonchev–Trinajstić information content (AvgIpc) is 2.34. The zero-order chi connectivity index (χ0) is 13.6. The van der Waals surface area contributed by atoms with E-state index in [1.807, 2.05) is 39.0 Å². The largest absolute Gasteiger partial charge is 0.264 e. The first-order chi connectivity index (χ1) is 8.45. The van der Waals surface area contributed by atoms with Crippen LogP contribution in [0.25, 0.3) is 0 Å². The SMILES string of the molecule is C=CCCC(=NS(=O)C(C)(C)C)c1cccnc1. The predicted molar refractivity (Wildman–Crippen MR) is 78.1 cm³/mol. The molecule has 0 saturated carbocycles. The van der Waals surface area contributed by atoms with E-state index in [9.17, 15) is 4.21 Å². The summed E-state index contributed by atoms with van der Waals surface area (Å²) in [5.41, 5.74) is 1.76. The van der Waals surface area contributed by atoms with Crippen LogP contribution in [-0.2, 0) is 11.0 Å². The van der Waals surface area contributed by atoms with Gasteiger partial charge in [-0.25, -0.2) is 4.21 Å². The molecule has 1 atom stereocenters. The van der Waals surface area contributed by atoms with Gasteiger partial charge in [-0.15, -0.1) is 6.58 Å². The summed E-state index contributed by atoms with van der Waals surface area (Å²) in [6, 6.07) is 3.80. The van der Waals surface area contributed by atoms with E-state index in [1.54, 1.807) is 12.4 Å². The molecular formula is C14H20N2OS. The number of allylic oxidation sites excluding steroid dienone is 1. The van der Waals surface area contributed by atoms with Crippen molar-refractivity contribution in [1.29, 1.82) is 0 Å². The van der Waals surface area contributed by atoms with E-state index in [0.29, 0.717) is 0 Å². The van der Waals surface area contributed by atoms with Gasteiger partial charge in [-0.1, -0.05) is 12.1 Å². The van der Waals surface area contributed by atoms with Crippen LogP contribution in [0.4, 0.5) is 0 Å². The fourth-order valence-electron chi connectivity index (χ4n) is 1.25. The van der Waals surface area contributed by atoms with Crippen molar-refractivity contribution in [2.75, 3.05) is 0 Å². The standard InChI is InChI=1S/C14H20N2OS/c1-5-6-9-13(12-8-7-10-15-11-12)16-18(17)14(2,3)4/h5,7-8,10-11H,1,6,9H2,2-4H3. The molecule has 0 aliphatic carbocycles. The molecule has 18 heavy (non-hydrogen) atoms. The Hall–Kier alpha value is -1.29. The maximum atomic E-state index is 12.1. The lowest BCUT2D eigenvalue weighted by atomic mass is 10.1. The third-order valence-electron chi connectivity index (χ3n) is 2.30. The molecule has 0 spiro atoms. The molecule has 98 valence electrons. The maximum absolute atomic E-state index is 12.1. The molecule has 0 bridgehead atoms. The molecule has 0 amide bonds. The topological polar surface area (TPSA) is 42.3 Å². The van der Waals surface area contributed by atoms with Gasteiger partial charge >= 0.3 is 0 Å². The molecule has 0 N–H and O–H groups in total. The van der Waals surface area contributed by atoms with E-state index in [1.165, 1.54) is 0 Å². The second kappa shape index (κ2) is 6.59. The van der Waals surface area contributed by atoms with Gasteiger partial charge in [0.25, 0.3) is 0 Å². The van der Waals surface area contributed by atoms with Crippen LogP contribution in [-0.4, -0.2) is 19.7 Å². The Kier molecular flexibility index (Phi) is 5.41. The Labute approximate surface area is 112 Å². The van der Waals surface area contributed by atoms with E-state index < -0.39 is 11.0 Å². The third kappa shape index (κ3) is 4.53. The average molecular weight is 264 g/mol. The van der Waals surface area contributed by atoms with E-state index in [2.05, 4.69) is 16.0 Å². The summed E-state index contributed by atoms with van der Waals surface area (Å²) in [5.74, 6) is 0. The summed E-state index contributed by atoms with van der Waals surface area (Å²) in [6.07, 6.45) is 6.86. The van der Waals surface area contributed by atoms with Crippen LogP contribution < -0.4 is 0 Å². The van der Waals surface area contributed by atoms with Crippen molar-refractivity contribution < 1.29 is 4.21 Å². The molecule has 1 aromatic heterocycles. The third-order valence-corrected chi connectivity index (χ3v) is 3.73. The normalized spacial score (nSPS) is 14.3. The van der Waals surface area contributed by atoms with Gasteiger partial charge < -0.3 is 0 Å². The Bertz CT molecular complexity index is 447. The Morgan fingerprint density at radius 1 is 1.56 bits per heavy atom. The first kappa shape index (κ1) is 14.8. The molecule has 1 rings (SSSR count). The lowest BCUT2D eigenvalue weighted by Gasteiger charge is -2.15. The van der Waals surface area contributed by atoms with Crippen LogP contribution in [0, 0.1) is 0 Å². The zero-order valence-corrected chi connectivity index (χ0v) is 12.0. The monoisotopic (exact) mass is 264 g/mol. The summed E-state index contributed by atoms with van der Waals surface area (Å²) < 4.78 is 16.1. The van der Waals surface area contributed by atoms with Crippen molar-refractivity contribution in [2.45, 2.75) is 38.4 Å². The minimum Gasteiger partial charge on any atom is -0.264 e. The lowest BCUT2D eigenvalue weighted by Crippen LogP contribution is -2.21. The van der Waals surface area contributed by atoms with Crippen molar-refractivity contribution in [3.8, 4) is 0 Å². The Morgan fingerprint density at radius 2 is 2.28 bits per heavy atom. The smallest absolute Gasteiger partial charge is 0.145 e. The van der Waals surface area contributed by atoms with Crippen molar-refractivity contribution in [3.05, 3.63) is 42.7 Å². The maximum Gasteiger partial charge on any atom is 0.145 e. The number of nitrogens with zero attached hydrogens (tertiary/aromatic N) is 2. The second-order valence-corrected chi connectivity index (χ2v) is 6.87. The molecule has 0 fully saturated rings. The number of hydrogen-bond acceptors (Lipinski definition) is 2. The van der Waals surface area contributed by atoms with Gasteiger partial charge in [-0.2, -0.15) is 4.40 Å². The fourth-order valence-corrected chi connectivity index (χ4v) is 1.92. The summed E-state index contributed by atoms with van der Waals surface area (Å²) >= 11 is 0. The van der Waals surface area contributed by atoms with Crippen molar-refractivity contribution >= 4 is 16.7 Å². The molecule has 3 nitrogen and oxygen atoms in total. The molecule has 0 saturated heterocycles. The van der Waals surface area contributed by atoms with Crippen molar-refractivity contribution in [3.63, 3.8) is 0 Å². The van der Waals surface area contributed by atoms with Crippen LogP contribution >= 0.6 is 0 Å². The first-order valence-corrected chi connectivity index (χ1v) is 7.06. The second-order valence-electron chi connectivity index (χ2n) is 4.97. The molecular weight excluding hydrogens is 244 g/mol. The lowest BCUT2D eigenvalue weighted by molar-refractivity contribution is 0.650. The van der Waals surface area contributed by atoms with E-state index in [0.717, 1.165) is 24.1 Å². The van der Waals surface area contributed by atoms with Gasteiger partial charge in [0.1, 0.15) is 11.0 Å². The van der Waals surface area contributed by atoms with Gasteiger partial charge in [-0.3, -0.25) is 4.98 Å². The fraction of sp³-hybridized carbons (Fsp3) is 0.429. The zero-order valence-electron chi connectivity index (χ0n) is 11.2. The van der Waals surface area contributed by atoms with Crippen LogP contribution in [0.15, 0.2) is 41.6 Å². The molecule has 1 aromatic rings. The number of hydrogen-bond donors (Lipinski definition) is 0. The van der Waals surface area contributed by atoms with Gasteiger partial charge in [0, 0.05) is 18.0 Å². The minimum atomic E-state index is -1.25.